The first-order valence-electron chi connectivity index (χ1n) is 8.02. The van der Waals surface area contributed by atoms with E-state index >= 15 is 0 Å². The number of nitrogens with zero attached hydrogens (tertiary/aromatic N) is 2. The van der Waals surface area contributed by atoms with Gasteiger partial charge in [0.05, 0.1) is 7.11 Å². The molecular formula is C19H16F2N4O2. The molecule has 0 fully saturated rings. The Balaban J connectivity index is 1.61. The first-order valence-corrected chi connectivity index (χ1v) is 8.02. The highest BCUT2D eigenvalue weighted by molar-refractivity contribution is 6.03. The third-order valence-electron chi connectivity index (χ3n) is 3.74. The van der Waals surface area contributed by atoms with Crippen molar-refractivity contribution in [3.05, 3.63) is 77.4 Å². The highest BCUT2D eigenvalue weighted by Crippen LogP contribution is 2.18. The molecule has 1 amide bonds. The van der Waals surface area contributed by atoms with Crippen molar-refractivity contribution in [2.45, 2.75) is 6.54 Å². The second kappa shape index (κ2) is 8.22. The molecule has 6 nitrogen and oxygen atoms in total. The Hall–Kier alpha value is -3.55. The van der Waals surface area contributed by atoms with Crippen LogP contribution in [0.5, 0.6) is 5.75 Å². The quantitative estimate of drug-likeness (QED) is 0.693. The van der Waals surface area contributed by atoms with E-state index in [9.17, 15) is 13.6 Å². The summed E-state index contributed by atoms with van der Waals surface area (Å²) >= 11 is 0. The van der Waals surface area contributed by atoms with Gasteiger partial charge in [0.2, 0.25) is 0 Å². The van der Waals surface area contributed by atoms with Crippen molar-refractivity contribution in [1.29, 1.82) is 0 Å². The van der Waals surface area contributed by atoms with Crippen LogP contribution < -0.4 is 15.4 Å². The van der Waals surface area contributed by atoms with E-state index in [1.165, 1.54) is 6.07 Å². The lowest BCUT2D eigenvalue weighted by molar-refractivity contribution is 0.102. The molecule has 2 N–H and O–H groups in total. The molecule has 3 aromatic rings. The van der Waals surface area contributed by atoms with Crippen LogP contribution in [-0.4, -0.2) is 23.2 Å². The molecule has 0 saturated heterocycles. The standard InChI is InChI=1S/C19H16F2N4O2/c1-27-16-5-3-2-4-13(16)11-22-17-8-9-18(25-24-17)23-19(26)12-6-7-14(20)15(21)10-12/h2-10H,11H2,1H3,(H,22,24)(H,23,25,26). The largest absolute Gasteiger partial charge is 0.496 e. The summed E-state index contributed by atoms with van der Waals surface area (Å²) in [4.78, 5) is 12.0. The van der Waals surface area contributed by atoms with E-state index in [0.717, 1.165) is 23.4 Å². The van der Waals surface area contributed by atoms with E-state index in [1.54, 1.807) is 19.2 Å². The molecule has 0 spiro atoms. The summed E-state index contributed by atoms with van der Waals surface area (Å²) in [5, 5.41) is 13.5. The van der Waals surface area contributed by atoms with Gasteiger partial charge in [-0.15, -0.1) is 10.2 Å². The van der Waals surface area contributed by atoms with Crippen molar-refractivity contribution in [3.63, 3.8) is 0 Å². The third-order valence-corrected chi connectivity index (χ3v) is 3.74. The zero-order chi connectivity index (χ0) is 19.2. The number of amides is 1. The Kier molecular flexibility index (Phi) is 5.55. The van der Waals surface area contributed by atoms with Gasteiger partial charge in [-0.2, -0.15) is 0 Å². The predicted octanol–water partition coefficient (Wildman–Crippen LogP) is 3.63. The Morgan fingerprint density at radius 3 is 2.44 bits per heavy atom. The van der Waals surface area contributed by atoms with E-state index in [2.05, 4.69) is 20.8 Å². The van der Waals surface area contributed by atoms with Gasteiger partial charge in [-0.3, -0.25) is 4.79 Å². The van der Waals surface area contributed by atoms with Gasteiger partial charge in [0, 0.05) is 17.7 Å². The summed E-state index contributed by atoms with van der Waals surface area (Å²) in [7, 11) is 1.60. The molecular weight excluding hydrogens is 354 g/mol. The molecule has 0 aliphatic carbocycles. The number of benzene rings is 2. The van der Waals surface area contributed by atoms with E-state index in [4.69, 9.17) is 4.74 Å². The molecule has 0 aliphatic rings. The minimum atomic E-state index is -1.09. The maximum atomic E-state index is 13.2. The van der Waals surface area contributed by atoms with Crippen molar-refractivity contribution in [3.8, 4) is 5.75 Å². The van der Waals surface area contributed by atoms with Crippen LogP contribution in [0.2, 0.25) is 0 Å². The number of halogens is 2. The summed E-state index contributed by atoms with van der Waals surface area (Å²) in [6.07, 6.45) is 0. The fourth-order valence-corrected chi connectivity index (χ4v) is 2.35. The highest BCUT2D eigenvalue weighted by atomic mass is 19.2. The van der Waals surface area contributed by atoms with Gasteiger partial charge in [-0.25, -0.2) is 8.78 Å². The molecule has 2 aromatic carbocycles. The second-order valence-electron chi connectivity index (χ2n) is 5.55. The fourth-order valence-electron chi connectivity index (χ4n) is 2.35. The summed E-state index contributed by atoms with van der Waals surface area (Å²) in [6, 6.07) is 13.7. The van der Waals surface area contributed by atoms with Crippen LogP contribution in [-0.2, 0) is 6.54 Å². The number of methoxy groups -OCH3 is 1. The number of ether oxygens (including phenoxy) is 1. The van der Waals surface area contributed by atoms with Crippen molar-refractivity contribution in [2.75, 3.05) is 17.7 Å². The molecule has 0 bridgehead atoms. The van der Waals surface area contributed by atoms with E-state index in [-0.39, 0.29) is 11.4 Å². The van der Waals surface area contributed by atoms with Gasteiger partial charge in [-0.1, -0.05) is 18.2 Å². The molecule has 3 rings (SSSR count). The first-order chi connectivity index (χ1) is 13.1. The molecule has 0 aliphatic heterocycles. The van der Waals surface area contributed by atoms with Gasteiger partial charge in [0.1, 0.15) is 11.6 Å². The smallest absolute Gasteiger partial charge is 0.256 e. The van der Waals surface area contributed by atoms with Gasteiger partial charge in [0.15, 0.2) is 17.5 Å². The summed E-state index contributed by atoms with van der Waals surface area (Å²) in [5.41, 5.74) is 0.937. The van der Waals surface area contributed by atoms with Crippen LogP contribution in [0.15, 0.2) is 54.6 Å². The topological polar surface area (TPSA) is 76.1 Å². The maximum Gasteiger partial charge on any atom is 0.256 e. The monoisotopic (exact) mass is 370 g/mol. The normalized spacial score (nSPS) is 10.3. The molecule has 0 unspecified atom stereocenters. The number of aromatic nitrogens is 2. The zero-order valence-electron chi connectivity index (χ0n) is 14.4. The maximum absolute atomic E-state index is 13.2. The fraction of sp³-hybridized carbons (Fsp3) is 0.105. The van der Waals surface area contributed by atoms with Crippen LogP contribution in [0, 0.1) is 11.6 Å². The lowest BCUT2D eigenvalue weighted by Gasteiger charge is -2.10. The van der Waals surface area contributed by atoms with Crippen LogP contribution in [0.25, 0.3) is 0 Å². The van der Waals surface area contributed by atoms with Gasteiger partial charge in [-0.05, 0) is 36.4 Å². The molecule has 0 radical (unpaired) electrons. The number of carbonyl (C=O) groups excluding carboxylic acids is 1. The van der Waals surface area contributed by atoms with Gasteiger partial charge in [0.25, 0.3) is 5.91 Å². The van der Waals surface area contributed by atoms with Crippen molar-refractivity contribution < 1.29 is 18.3 Å². The number of anilines is 2. The van der Waals surface area contributed by atoms with Crippen LogP contribution >= 0.6 is 0 Å². The van der Waals surface area contributed by atoms with Gasteiger partial charge >= 0.3 is 0 Å². The van der Waals surface area contributed by atoms with Crippen LogP contribution in [0.3, 0.4) is 0 Å². The van der Waals surface area contributed by atoms with Crippen molar-refractivity contribution in [1.82, 2.24) is 10.2 Å². The Morgan fingerprint density at radius 1 is 1.00 bits per heavy atom. The summed E-state index contributed by atoms with van der Waals surface area (Å²) in [5.74, 6) is -1.27. The van der Waals surface area contributed by atoms with E-state index < -0.39 is 17.5 Å². The summed E-state index contributed by atoms with van der Waals surface area (Å²) in [6.45, 7) is 0.485. The number of rotatable bonds is 6. The lowest BCUT2D eigenvalue weighted by atomic mass is 10.2. The van der Waals surface area contributed by atoms with E-state index in [0.29, 0.717) is 12.4 Å². The SMILES string of the molecule is COc1ccccc1CNc1ccc(NC(=O)c2ccc(F)c(F)c2)nn1. The molecule has 138 valence electrons. The minimum absolute atomic E-state index is 0.0194. The summed E-state index contributed by atoms with van der Waals surface area (Å²) < 4.78 is 31.4. The second-order valence-corrected chi connectivity index (χ2v) is 5.55. The molecule has 27 heavy (non-hydrogen) atoms. The van der Waals surface area contributed by atoms with Crippen LogP contribution in [0.1, 0.15) is 15.9 Å². The number of carbonyl (C=O) groups is 1. The van der Waals surface area contributed by atoms with Crippen molar-refractivity contribution in [2.24, 2.45) is 0 Å². The minimum Gasteiger partial charge on any atom is -0.496 e. The van der Waals surface area contributed by atoms with E-state index in [1.807, 2.05) is 24.3 Å². The van der Waals surface area contributed by atoms with Crippen LogP contribution in [0.4, 0.5) is 20.4 Å². The Morgan fingerprint density at radius 2 is 1.74 bits per heavy atom. The molecule has 0 saturated carbocycles. The Bertz CT molecular complexity index is 949. The highest BCUT2D eigenvalue weighted by Gasteiger charge is 2.11. The average Bonchev–Trinajstić information content (AvgIpc) is 2.69. The Labute approximate surface area is 154 Å². The zero-order valence-corrected chi connectivity index (χ0v) is 14.4. The molecule has 8 heteroatoms. The van der Waals surface area contributed by atoms with Crippen molar-refractivity contribution >= 4 is 17.5 Å². The number of hydrogen-bond acceptors (Lipinski definition) is 5. The first kappa shape index (κ1) is 18.2. The van der Waals surface area contributed by atoms with Gasteiger partial charge < -0.3 is 15.4 Å². The number of para-hydroxylation sites is 1. The molecule has 0 atom stereocenters. The predicted molar refractivity (Wildman–Crippen MR) is 96.7 cm³/mol. The molecule has 1 heterocycles. The lowest BCUT2D eigenvalue weighted by Crippen LogP contribution is -2.14. The molecule has 1 aromatic heterocycles. The average molecular weight is 370 g/mol. The number of nitrogens with one attached hydrogen (secondary N) is 2. The third kappa shape index (κ3) is 4.55. The number of hydrogen-bond donors (Lipinski definition) is 2.